The third kappa shape index (κ3) is 2.74. The van der Waals surface area contributed by atoms with Gasteiger partial charge in [-0.2, -0.15) is 26.9 Å². The van der Waals surface area contributed by atoms with Gasteiger partial charge in [-0.1, -0.05) is 6.92 Å². The molecule has 6 nitrogen and oxygen atoms in total. The minimum atomic E-state index is -4.84. The smallest absolute Gasteiger partial charge is 0.417 e. The molecule has 0 aliphatic heterocycles. The highest BCUT2D eigenvalue weighted by Gasteiger charge is 2.38. The maximum atomic E-state index is 14.2. The van der Waals surface area contributed by atoms with Gasteiger partial charge in [0.05, 0.1) is 5.56 Å². The summed E-state index contributed by atoms with van der Waals surface area (Å²) >= 11 is 0. The Morgan fingerprint density at radius 1 is 1.14 bits per heavy atom. The molecular formula is C17H12F5N5O. The molecule has 0 aliphatic carbocycles. The van der Waals surface area contributed by atoms with Gasteiger partial charge in [-0.15, -0.1) is 0 Å². The molecule has 4 heterocycles. The number of alkyl halides is 5. The third-order valence-electron chi connectivity index (χ3n) is 4.35. The van der Waals surface area contributed by atoms with E-state index in [1.165, 1.54) is 23.6 Å². The van der Waals surface area contributed by atoms with Crippen LogP contribution in [0.1, 0.15) is 24.6 Å². The van der Waals surface area contributed by atoms with Gasteiger partial charge in [0.15, 0.2) is 18.0 Å². The number of imidazole rings is 1. The van der Waals surface area contributed by atoms with Crippen LogP contribution in [0, 0.1) is 0 Å². The number of nitrogens with zero attached hydrogens (tertiary/aromatic N) is 4. The van der Waals surface area contributed by atoms with Crippen molar-refractivity contribution in [1.29, 1.82) is 0 Å². The lowest BCUT2D eigenvalue weighted by molar-refractivity contribution is -0.136. The molecule has 146 valence electrons. The summed E-state index contributed by atoms with van der Waals surface area (Å²) in [7, 11) is 0. The van der Waals surface area contributed by atoms with Gasteiger partial charge < -0.3 is 10.2 Å². The number of nitrogens with two attached hydrogens (primary N) is 1. The quantitative estimate of drug-likeness (QED) is 0.509. The lowest BCUT2D eigenvalue weighted by atomic mass is 10.1. The topological polar surface area (TPSA) is 82.2 Å². The number of aromatic nitrogens is 4. The zero-order valence-electron chi connectivity index (χ0n) is 14.3. The molecule has 0 saturated heterocycles. The van der Waals surface area contributed by atoms with Crippen molar-refractivity contribution < 1.29 is 26.4 Å². The normalized spacial score (nSPS) is 12.9. The van der Waals surface area contributed by atoms with E-state index in [1.807, 2.05) is 0 Å². The van der Waals surface area contributed by atoms with Gasteiger partial charge >= 0.3 is 6.18 Å². The first kappa shape index (κ1) is 18.1. The minimum absolute atomic E-state index is 0.0369. The SMILES string of the molecule is CCC(F)(F)c1cc(C(F)(F)F)c2ccc3nc(-c4ocnc4N)cn3c2n1. The summed E-state index contributed by atoms with van der Waals surface area (Å²) < 4.78 is 75.3. The molecule has 28 heavy (non-hydrogen) atoms. The van der Waals surface area contributed by atoms with Gasteiger partial charge in [0.25, 0.3) is 5.92 Å². The lowest BCUT2D eigenvalue weighted by Gasteiger charge is -2.18. The van der Waals surface area contributed by atoms with Crippen LogP contribution in [-0.4, -0.2) is 19.4 Å². The van der Waals surface area contributed by atoms with Crippen LogP contribution in [0.25, 0.3) is 28.1 Å². The first-order valence-electron chi connectivity index (χ1n) is 8.09. The fourth-order valence-electron chi connectivity index (χ4n) is 2.89. The van der Waals surface area contributed by atoms with Crippen molar-refractivity contribution in [2.45, 2.75) is 25.4 Å². The Bertz CT molecular complexity index is 1190. The van der Waals surface area contributed by atoms with E-state index < -0.39 is 29.8 Å². The van der Waals surface area contributed by atoms with Crippen LogP contribution in [0.3, 0.4) is 0 Å². The molecule has 0 amide bonds. The number of oxazole rings is 1. The van der Waals surface area contributed by atoms with E-state index in [1.54, 1.807) is 0 Å². The van der Waals surface area contributed by atoms with Crippen LogP contribution in [0.15, 0.2) is 35.2 Å². The van der Waals surface area contributed by atoms with Crippen LogP contribution in [0.2, 0.25) is 0 Å². The van der Waals surface area contributed by atoms with E-state index >= 15 is 0 Å². The number of halogens is 5. The minimum Gasteiger partial charge on any atom is -0.439 e. The van der Waals surface area contributed by atoms with Crippen LogP contribution in [-0.2, 0) is 12.1 Å². The van der Waals surface area contributed by atoms with E-state index in [0.29, 0.717) is 6.07 Å². The number of rotatable bonds is 3. The van der Waals surface area contributed by atoms with Crippen molar-refractivity contribution in [2.24, 2.45) is 0 Å². The average Bonchev–Trinajstić information content (AvgIpc) is 3.25. The highest BCUT2D eigenvalue weighted by atomic mass is 19.4. The number of hydrogen-bond donors (Lipinski definition) is 1. The summed E-state index contributed by atoms with van der Waals surface area (Å²) in [4.78, 5) is 11.8. The summed E-state index contributed by atoms with van der Waals surface area (Å²) in [5, 5.41) is -0.329. The number of pyridine rings is 2. The van der Waals surface area contributed by atoms with E-state index in [9.17, 15) is 22.0 Å². The van der Waals surface area contributed by atoms with Crippen molar-refractivity contribution in [3.8, 4) is 11.5 Å². The molecule has 0 radical (unpaired) electrons. The number of anilines is 1. The van der Waals surface area contributed by atoms with Crippen LogP contribution < -0.4 is 5.73 Å². The fraction of sp³-hybridized carbons (Fsp3) is 0.235. The molecule has 0 aliphatic rings. The van der Waals surface area contributed by atoms with Crippen LogP contribution >= 0.6 is 0 Å². The second-order valence-corrected chi connectivity index (χ2v) is 6.10. The molecule has 0 aromatic carbocycles. The Morgan fingerprint density at radius 2 is 1.89 bits per heavy atom. The Kier molecular flexibility index (Phi) is 3.81. The lowest BCUT2D eigenvalue weighted by Crippen LogP contribution is -2.17. The number of nitrogen functional groups attached to an aromatic ring is 1. The number of fused-ring (bicyclic) bond motifs is 3. The highest BCUT2D eigenvalue weighted by molar-refractivity contribution is 5.84. The molecule has 0 fully saturated rings. The van der Waals surface area contributed by atoms with Gasteiger partial charge in [0, 0.05) is 18.0 Å². The maximum Gasteiger partial charge on any atom is 0.417 e. The summed E-state index contributed by atoms with van der Waals surface area (Å²) in [5.74, 6) is -3.37. The zero-order valence-corrected chi connectivity index (χ0v) is 14.3. The Morgan fingerprint density at radius 3 is 2.50 bits per heavy atom. The van der Waals surface area contributed by atoms with Crippen LogP contribution in [0.5, 0.6) is 0 Å². The standard InChI is InChI=1S/C17H12F5N5O/c1-2-16(18,19)11-5-9(17(20,21)22)8-3-4-12-25-10(6-27(12)15(8)26-11)13-14(23)24-7-28-13/h3-7H,2,23H2,1H3. The third-order valence-corrected chi connectivity index (χ3v) is 4.35. The van der Waals surface area contributed by atoms with Gasteiger partial charge in [-0.25, -0.2) is 9.97 Å². The molecule has 0 spiro atoms. The van der Waals surface area contributed by atoms with E-state index in [0.717, 1.165) is 12.5 Å². The van der Waals surface area contributed by atoms with Gasteiger partial charge in [-0.05, 0) is 18.2 Å². The molecule has 2 N–H and O–H groups in total. The molecule has 0 unspecified atom stereocenters. The van der Waals surface area contributed by atoms with Gasteiger partial charge in [0.1, 0.15) is 22.7 Å². The molecule has 0 bridgehead atoms. The van der Waals surface area contributed by atoms with Gasteiger partial charge in [0.2, 0.25) is 0 Å². The molecule has 11 heteroatoms. The summed E-state index contributed by atoms with van der Waals surface area (Å²) in [6, 6.07) is 2.87. The monoisotopic (exact) mass is 397 g/mol. The molecule has 4 aromatic heterocycles. The summed E-state index contributed by atoms with van der Waals surface area (Å²) in [5.41, 5.74) is 3.59. The first-order chi connectivity index (χ1) is 13.1. The highest BCUT2D eigenvalue weighted by Crippen LogP contribution is 2.39. The molecule has 0 atom stereocenters. The summed E-state index contributed by atoms with van der Waals surface area (Å²) in [6.07, 6.45) is -3.13. The van der Waals surface area contributed by atoms with E-state index in [-0.39, 0.29) is 34.0 Å². The Hall–Kier alpha value is -3.24. The Labute approximate surface area is 153 Å². The van der Waals surface area contributed by atoms with Crippen molar-refractivity contribution in [1.82, 2.24) is 19.4 Å². The number of hydrogen-bond acceptors (Lipinski definition) is 5. The van der Waals surface area contributed by atoms with Crippen molar-refractivity contribution in [3.05, 3.63) is 42.0 Å². The fourth-order valence-corrected chi connectivity index (χ4v) is 2.89. The molecule has 4 aromatic rings. The van der Waals surface area contributed by atoms with Crippen molar-refractivity contribution in [2.75, 3.05) is 5.73 Å². The first-order valence-corrected chi connectivity index (χ1v) is 8.09. The van der Waals surface area contributed by atoms with Crippen molar-refractivity contribution in [3.63, 3.8) is 0 Å². The summed E-state index contributed by atoms with van der Waals surface area (Å²) in [6.45, 7) is 1.17. The maximum absolute atomic E-state index is 14.2. The Balaban J connectivity index is 2.07. The van der Waals surface area contributed by atoms with Crippen molar-refractivity contribution >= 4 is 22.5 Å². The zero-order chi connectivity index (χ0) is 20.3. The molecule has 0 saturated carbocycles. The predicted octanol–water partition coefficient (Wildman–Crippen LogP) is 4.64. The molecule has 4 rings (SSSR count). The average molecular weight is 397 g/mol. The second-order valence-electron chi connectivity index (χ2n) is 6.10. The predicted molar refractivity (Wildman–Crippen MR) is 89.6 cm³/mol. The van der Waals surface area contributed by atoms with E-state index in [2.05, 4.69) is 15.0 Å². The van der Waals surface area contributed by atoms with Gasteiger partial charge in [-0.3, -0.25) is 4.40 Å². The second kappa shape index (κ2) is 5.88. The largest absolute Gasteiger partial charge is 0.439 e. The molecular weight excluding hydrogens is 385 g/mol. The van der Waals surface area contributed by atoms with Crippen LogP contribution in [0.4, 0.5) is 27.8 Å². The van der Waals surface area contributed by atoms with E-state index in [4.69, 9.17) is 10.2 Å².